The molecule has 1 aliphatic rings. The SMILES string of the molecule is COCCCOc1cc(C[C@@H](C[C@H](NC(=O)OC(C)(C)C)[C@@H](O)C[C@@H](C)C(=O)NCCN2CCSCC2)C(C)C)ccc1OC. The van der Waals surface area contributed by atoms with Crippen molar-refractivity contribution in [2.75, 3.05) is 65.1 Å². The summed E-state index contributed by atoms with van der Waals surface area (Å²) >= 11 is 1.96. The third kappa shape index (κ3) is 15.3. The summed E-state index contributed by atoms with van der Waals surface area (Å²) in [6.07, 6.45) is 0.689. The van der Waals surface area contributed by atoms with Gasteiger partial charge in [0, 0.05) is 63.7 Å². The molecule has 1 saturated heterocycles. The Bertz CT molecular complexity index is 1010. The molecule has 1 fully saturated rings. The minimum atomic E-state index is -0.936. The van der Waals surface area contributed by atoms with E-state index in [-0.39, 0.29) is 24.2 Å². The van der Waals surface area contributed by atoms with E-state index in [1.807, 2.05) is 57.7 Å². The minimum absolute atomic E-state index is 0.0897. The molecule has 258 valence electrons. The smallest absolute Gasteiger partial charge is 0.407 e. The summed E-state index contributed by atoms with van der Waals surface area (Å²) in [6.45, 7) is 16.2. The van der Waals surface area contributed by atoms with Gasteiger partial charge in [-0.15, -0.1) is 0 Å². The van der Waals surface area contributed by atoms with Crippen molar-refractivity contribution in [2.24, 2.45) is 17.8 Å². The lowest BCUT2D eigenvalue weighted by molar-refractivity contribution is -0.125. The molecule has 1 aromatic carbocycles. The number of carbonyl (C=O) groups excluding carboxylic acids is 2. The first-order chi connectivity index (χ1) is 21.3. The number of nitrogens with zero attached hydrogens (tertiary/aromatic N) is 1. The number of rotatable bonds is 19. The van der Waals surface area contributed by atoms with E-state index in [0.717, 1.165) is 43.1 Å². The molecule has 0 aliphatic carbocycles. The second-order valence-corrected chi connectivity index (χ2v) is 14.6. The van der Waals surface area contributed by atoms with Crippen LogP contribution < -0.4 is 20.1 Å². The van der Waals surface area contributed by atoms with E-state index in [1.54, 1.807) is 14.2 Å². The van der Waals surface area contributed by atoms with Crippen LogP contribution in [0, 0.1) is 17.8 Å². The third-order valence-electron chi connectivity index (χ3n) is 8.02. The molecule has 10 nitrogen and oxygen atoms in total. The van der Waals surface area contributed by atoms with Gasteiger partial charge in [-0.3, -0.25) is 9.69 Å². The van der Waals surface area contributed by atoms with Gasteiger partial charge in [0.15, 0.2) is 11.5 Å². The third-order valence-corrected chi connectivity index (χ3v) is 8.96. The topological polar surface area (TPSA) is 119 Å². The molecule has 4 atom stereocenters. The van der Waals surface area contributed by atoms with Gasteiger partial charge in [0.05, 0.1) is 25.9 Å². The van der Waals surface area contributed by atoms with Crippen LogP contribution in [-0.2, 0) is 20.7 Å². The maximum atomic E-state index is 12.9. The average molecular weight is 654 g/mol. The number of aliphatic hydroxyl groups excluding tert-OH is 1. The van der Waals surface area contributed by atoms with E-state index >= 15 is 0 Å². The van der Waals surface area contributed by atoms with Crippen LogP contribution in [0.25, 0.3) is 0 Å². The van der Waals surface area contributed by atoms with Crippen LogP contribution in [0.1, 0.15) is 66.4 Å². The molecule has 11 heteroatoms. The predicted octanol–water partition coefficient (Wildman–Crippen LogP) is 4.76. The quantitative estimate of drug-likeness (QED) is 0.182. The standard InChI is InChI=1S/C34H59N3O7S/c1-24(2)27(21-26-10-11-30(42-8)31(22-26)43-17-9-16-41-7)23-28(36-33(40)44-34(4,5)6)29(38)20-25(3)32(39)35-12-13-37-14-18-45-19-15-37/h10-11,22,24-25,27-29,38H,9,12-21,23H2,1-8H3,(H,35,39)(H,36,40)/t25-,27+,28+,29+/m1/s1. The van der Waals surface area contributed by atoms with Crippen LogP contribution in [0.2, 0.25) is 0 Å². The zero-order valence-electron chi connectivity index (χ0n) is 28.9. The highest BCUT2D eigenvalue weighted by atomic mass is 32.2. The molecule has 0 saturated carbocycles. The zero-order valence-corrected chi connectivity index (χ0v) is 29.7. The van der Waals surface area contributed by atoms with Gasteiger partial charge in [0.2, 0.25) is 5.91 Å². The summed E-state index contributed by atoms with van der Waals surface area (Å²) in [6, 6.07) is 5.34. The average Bonchev–Trinajstić information content (AvgIpc) is 2.98. The fourth-order valence-electron chi connectivity index (χ4n) is 5.31. The second kappa shape index (κ2) is 20.1. The number of thioether (sulfide) groups is 1. The summed E-state index contributed by atoms with van der Waals surface area (Å²) in [5.41, 5.74) is 0.391. The second-order valence-electron chi connectivity index (χ2n) is 13.3. The van der Waals surface area contributed by atoms with E-state index in [0.29, 0.717) is 44.1 Å². The van der Waals surface area contributed by atoms with Gasteiger partial charge in [-0.2, -0.15) is 11.8 Å². The number of alkyl carbamates (subject to hydrolysis) is 1. The molecule has 1 heterocycles. The Morgan fingerprint density at radius 3 is 2.38 bits per heavy atom. The highest BCUT2D eigenvalue weighted by Crippen LogP contribution is 2.32. The Morgan fingerprint density at radius 2 is 1.76 bits per heavy atom. The summed E-state index contributed by atoms with van der Waals surface area (Å²) in [5, 5.41) is 17.4. The predicted molar refractivity (Wildman–Crippen MR) is 181 cm³/mol. The lowest BCUT2D eigenvalue weighted by Crippen LogP contribution is -2.48. The maximum absolute atomic E-state index is 12.9. The molecule has 2 rings (SSSR count). The van der Waals surface area contributed by atoms with Crippen molar-refractivity contribution in [3.8, 4) is 11.5 Å². The first kappa shape index (κ1) is 39.0. The molecular weight excluding hydrogens is 594 g/mol. The first-order valence-electron chi connectivity index (χ1n) is 16.4. The van der Waals surface area contributed by atoms with Crippen molar-refractivity contribution in [3.63, 3.8) is 0 Å². The Labute approximate surface area is 275 Å². The van der Waals surface area contributed by atoms with Crippen molar-refractivity contribution in [1.82, 2.24) is 15.5 Å². The van der Waals surface area contributed by atoms with E-state index in [9.17, 15) is 14.7 Å². The molecule has 1 aliphatic heterocycles. The van der Waals surface area contributed by atoms with Crippen molar-refractivity contribution < 1.29 is 33.6 Å². The van der Waals surface area contributed by atoms with Crippen LogP contribution in [-0.4, -0.2) is 105 Å². The number of hydrogen-bond donors (Lipinski definition) is 3. The summed E-state index contributed by atoms with van der Waals surface area (Å²) in [4.78, 5) is 28.2. The lowest BCUT2D eigenvalue weighted by Gasteiger charge is -2.32. The highest BCUT2D eigenvalue weighted by molar-refractivity contribution is 7.99. The normalized spacial score (nSPS) is 16.8. The molecule has 0 radical (unpaired) electrons. The molecule has 0 unspecified atom stereocenters. The Balaban J connectivity index is 2.12. The largest absolute Gasteiger partial charge is 0.493 e. The van der Waals surface area contributed by atoms with E-state index in [1.165, 1.54) is 0 Å². The maximum Gasteiger partial charge on any atom is 0.407 e. The fourth-order valence-corrected chi connectivity index (χ4v) is 6.29. The highest BCUT2D eigenvalue weighted by Gasteiger charge is 2.31. The molecule has 0 bridgehead atoms. The van der Waals surface area contributed by atoms with E-state index < -0.39 is 29.8 Å². The Hall–Kier alpha value is -2.21. The molecule has 1 aromatic rings. The Morgan fingerprint density at radius 1 is 1.04 bits per heavy atom. The number of amides is 2. The van der Waals surface area contributed by atoms with E-state index in [4.69, 9.17) is 18.9 Å². The summed E-state index contributed by atoms with van der Waals surface area (Å²) in [5.74, 6) is 3.45. The first-order valence-corrected chi connectivity index (χ1v) is 17.5. The molecule has 45 heavy (non-hydrogen) atoms. The van der Waals surface area contributed by atoms with Crippen LogP contribution >= 0.6 is 11.8 Å². The number of methoxy groups -OCH3 is 2. The van der Waals surface area contributed by atoms with Crippen LogP contribution in [0.5, 0.6) is 11.5 Å². The molecule has 0 spiro atoms. The fraction of sp³-hybridized carbons (Fsp3) is 0.765. The summed E-state index contributed by atoms with van der Waals surface area (Å²) in [7, 11) is 3.29. The van der Waals surface area contributed by atoms with Crippen LogP contribution in [0.4, 0.5) is 4.79 Å². The number of hydrogen-bond acceptors (Lipinski definition) is 9. The van der Waals surface area contributed by atoms with Crippen LogP contribution in [0.15, 0.2) is 18.2 Å². The van der Waals surface area contributed by atoms with Gasteiger partial charge in [-0.25, -0.2) is 4.79 Å². The molecule has 0 aromatic heterocycles. The molecular formula is C34H59N3O7S. The van der Waals surface area contributed by atoms with Crippen molar-refractivity contribution in [2.45, 2.75) is 85.0 Å². The van der Waals surface area contributed by atoms with Gasteiger partial charge in [0.25, 0.3) is 0 Å². The van der Waals surface area contributed by atoms with Crippen molar-refractivity contribution in [3.05, 3.63) is 23.8 Å². The lowest BCUT2D eigenvalue weighted by atomic mass is 9.82. The number of benzene rings is 1. The number of aliphatic hydroxyl groups is 1. The van der Waals surface area contributed by atoms with Gasteiger partial charge in [-0.1, -0.05) is 26.8 Å². The monoisotopic (exact) mass is 653 g/mol. The van der Waals surface area contributed by atoms with Gasteiger partial charge >= 0.3 is 6.09 Å². The Kier molecular flexibility index (Phi) is 17.4. The van der Waals surface area contributed by atoms with Crippen molar-refractivity contribution in [1.29, 1.82) is 0 Å². The molecule has 3 N–H and O–H groups in total. The van der Waals surface area contributed by atoms with Gasteiger partial charge in [-0.05, 0) is 69.6 Å². The minimum Gasteiger partial charge on any atom is -0.493 e. The number of carbonyl (C=O) groups is 2. The van der Waals surface area contributed by atoms with Gasteiger partial charge in [0.1, 0.15) is 5.60 Å². The van der Waals surface area contributed by atoms with Crippen LogP contribution in [0.3, 0.4) is 0 Å². The molecule has 2 amide bonds. The summed E-state index contributed by atoms with van der Waals surface area (Å²) < 4.78 is 22.2. The zero-order chi connectivity index (χ0) is 33.4. The van der Waals surface area contributed by atoms with Crippen molar-refractivity contribution >= 4 is 23.8 Å². The number of nitrogens with one attached hydrogen (secondary N) is 2. The van der Waals surface area contributed by atoms with Gasteiger partial charge < -0.3 is 34.7 Å². The van der Waals surface area contributed by atoms with E-state index in [2.05, 4.69) is 29.4 Å². The number of ether oxygens (including phenoxy) is 4.